The Labute approximate surface area is 487 Å². The smallest absolute Gasteiger partial charge is 0.315 e. The average Bonchev–Trinajstić information content (AvgIpc) is 0.746. The van der Waals surface area contributed by atoms with Crippen molar-refractivity contribution in [2.24, 2.45) is 44.8 Å². The summed E-state index contributed by atoms with van der Waals surface area (Å²) in [6, 6.07) is 0. The molecular weight excluding hydrogens is 1110 g/mol. The van der Waals surface area contributed by atoms with Gasteiger partial charge in [0.15, 0.2) is 25.2 Å². The van der Waals surface area contributed by atoms with Crippen molar-refractivity contribution in [1.82, 2.24) is 0 Å². The molecule has 10 rings (SSSR count). The van der Waals surface area contributed by atoms with Gasteiger partial charge in [-0.25, -0.2) is 0 Å². The van der Waals surface area contributed by atoms with Crippen molar-refractivity contribution in [3.8, 4) is 0 Å². The summed E-state index contributed by atoms with van der Waals surface area (Å²) in [5.74, 6) is -0.645. The second-order valence-electron chi connectivity index (χ2n) is 27.2. The minimum absolute atomic E-state index is 0.132. The molecule has 0 amide bonds. The van der Waals surface area contributed by atoms with Gasteiger partial charge < -0.3 is 124 Å². The van der Waals surface area contributed by atoms with Gasteiger partial charge in [-0.2, -0.15) is 0 Å². The highest BCUT2D eigenvalue weighted by Crippen LogP contribution is 2.75. The van der Waals surface area contributed by atoms with Crippen molar-refractivity contribution in [2.45, 2.75) is 259 Å². The fourth-order valence-corrected chi connectivity index (χ4v) is 17.1. The fourth-order valence-electron chi connectivity index (χ4n) is 17.1. The highest BCUT2D eigenvalue weighted by atomic mass is 16.8. The second-order valence-corrected chi connectivity index (χ2v) is 27.2. The van der Waals surface area contributed by atoms with Crippen molar-refractivity contribution in [3.05, 3.63) is 23.8 Å². The molecule has 0 aromatic rings. The monoisotopic (exact) mass is 1200 g/mol. The normalized spacial score (nSPS) is 54.0. The number of allylic oxidation sites excluding steroid dienone is 3. The largest absolute Gasteiger partial charge is 0.432 e. The van der Waals surface area contributed by atoms with E-state index in [1.807, 2.05) is 0 Å². The van der Waals surface area contributed by atoms with Crippen molar-refractivity contribution in [2.75, 3.05) is 26.4 Å². The van der Waals surface area contributed by atoms with Crippen LogP contribution in [0.5, 0.6) is 0 Å². The molecule has 5 heterocycles. The van der Waals surface area contributed by atoms with E-state index in [-0.39, 0.29) is 40.6 Å². The molecule has 480 valence electrons. The minimum atomic E-state index is -1.90. The minimum Gasteiger partial charge on any atom is -0.432 e. The van der Waals surface area contributed by atoms with Crippen LogP contribution in [0, 0.1) is 44.8 Å². The molecule has 0 radical (unpaired) electrons. The zero-order valence-electron chi connectivity index (χ0n) is 48.5. The molecule has 84 heavy (non-hydrogen) atoms. The topological polar surface area (TPSA) is 413 Å². The number of hydrogen-bond acceptors (Lipinski definition) is 26. The number of ether oxygens (including phenoxy) is 10. The quantitative estimate of drug-likeness (QED) is 0.0496. The zero-order chi connectivity index (χ0) is 61.1. The van der Waals surface area contributed by atoms with Crippen LogP contribution in [0.2, 0.25) is 0 Å². The standard InChI is InChI=1S/C58H92O26/c1-23-10-15-58(53(74)84-51-44(72)40(68)37(65)30(80-51)22-76-48-45(73)41(69)46(29(20-60)79-48)82-49-42(70)38(66)34(62)24(2)77-49)17-16-56(6)25(26(58)18-23)8-9-32-55(5)13-12-33(54(3,4)31(55)11-14-57(32,56)7)81-52-47(35(63)27(61)21-75-52)83-50-43(71)39(67)36(64)28(19-59)78-50/h8,24,26-52,59-73H,1,9-22H2,2-7H3/t24-,26-,27+,28+,29+,30+,31-,32+,33-,34-,35+,36+,37+,38+,39-,40-,41+,42+,43+,44+,45+,46+,47-,48+,49-,50-,51-,52+,55-,56+,57+,58-/m0/s1. The summed E-state index contributed by atoms with van der Waals surface area (Å²) in [4.78, 5) is 15.1. The van der Waals surface area contributed by atoms with Crippen LogP contribution < -0.4 is 0 Å². The predicted octanol–water partition coefficient (Wildman–Crippen LogP) is -3.01. The summed E-state index contributed by atoms with van der Waals surface area (Å²) in [6.45, 7) is 14.8. The summed E-state index contributed by atoms with van der Waals surface area (Å²) in [5, 5.41) is 160. The Morgan fingerprint density at radius 2 is 1.19 bits per heavy atom. The van der Waals surface area contributed by atoms with E-state index in [0.717, 1.165) is 36.8 Å². The first kappa shape index (κ1) is 65.0. The Morgan fingerprint density at radius 1 is 0.595 bits per heavy atom. The van der Waals surface area contributed by atoms with Gasteiger partial charge in [0, 0.05) is 5.92 Å². The third kappa shape index (κ3) is 10.8. The number of carbonyl (C=O) groups excluding carboxylic acids is 1. The maximum absolute atomic E-state index is 15.1. The van der Waals surface area contributed by atoms with Crippen LogP contribution in [0.15, 0.2) is 23.8 Å². The maximum Gasteiger partial charge on any atom is 0.315 e. The third-order valence-corrected chi connectivity index (χ3v) is 22.5. The lowest BCUT2D eigenvalue weighted by Gasteiger charge is -2.71. The molecule has 5 saturated heterocycles. The first-order chi connectivity index (χ1) is 39.5. The van der Waals surface area contributed by atoms with Crippen molar-refractivity contribution >= 4 is 5.97 Å². The van der Waals surface area contributed by atoms with E-state index < -0.39 is 190 Å². The molecule has 0 aromatic carbocycles. The number of fused-ring (bicyclic) bond motifs is 7. The van der Waals surface area contributed by atoms with Gasteiger partial charge >= 0.3 is 5.97 Å². The predicted molar refractivity (Wildman–Crippen MR) is 283 cm³/mol. The van der Waals surface area contributed by atoms with Crippen LogP contribution in [0.1, 0.15) is 106 Å². The van der Waals surface area contributed by atoms with Gasteiger partial charge in [0.25, 0.3) is 0 Å². The summed E-state index contributed by atoms with van der Waals surface area (Å²) in [7, 11) is 0. The molecule has 9 fully saturated rings. The number of aliphatic hydroxyl groups excluding tert-OH is 15. The molecule has 0 spiro atoms. The molecule has 5 aliphatic heterocycles. The molecule has 0 unspecified atom stereocenters. The van der Waals surface area contributed by atoms with Gasteiger partial charge in [0.1, 0.15) is 110 Å². The van der Waals surface area contributed by atoms with E-state index in [1.54, 1.807) is 0 Å². The lowest BCUT2D eigenvalue weighted by molar-refractivity contribution is -0.367. The van der Waals surface area contributed by atoms with Gasteiger partial charge in [-0.05, 0) is 105 Å². The molecular formula is C58H92O26. The molecule has 26 nitrogen and oxygen atoms in total. The summed E-state index contributed by atoms with van der Waals surface area (Å²) >= 11 is 0. The average molecular weight is 1210 g/mol. The number of carbonyl (C=O) groups is 1. The molecule has 0 bridgehead atoms. The van der Waals surface area contributed by atoms with Gasteiger partial charge in [-0.15, -0.1) is 0 Å². The Morgan fingerprint density at radius 3 is 1.87 bits per heavy atom. The second kappa shape index (κ2) is 24.3. The molecule has 5 aliphatic carbocycles. The molecule has 4 saturated carbocycles. The first-order valence-electron chi connectivity index (χ1n) is 30.0. The van der Waals surface area contributed by atoms with Crippen molar-refractivity contribution in [1.29, 1.82) is 0 Å². The fraction of sp³-hybridized carbons (Fsp3) is 0.914. The lowest BCUT2D eigenvalue weighted by atomic mass is 9.34. The SMILES string of the molecule is C=C1CC[C@]2(C(=O)O[C@@H]3O[C@H](CO[C@@H]4O[C@H](CO)[C@@H](O[C@@H]5O[C@@H](C)[C@H](O)[C@@H](O)[C@H]5O)[C@H](O)[C@H]4O)[C@@H](O)[C@H](O)[C@H]3O)CC[C@]3(C)C(=CC[C@@H]4[C@@]5(C)CC[C@H](O[C@H]6OC[C@@H](O)[C@@H](O)[C@@H]6O[C@@H]6O[C@H](CO)[C@@H](O)[C@H](O)[C@H]6O)C(C)(C)[C@@H]5CC[C@]43C)[C@@H]2C1. The van der Waals surface area contributed by atoms with Gasteiger partial charge in [-0.1, -0.05) is 58.4 Å². The number of hydrogen-bond donors (Lipinski definition) is 15. The maximum atomic E-state index is 15.1. The highest BCUT2D eigenvalue weighted by Gasteiger charge is 2.70. The molecule has 15 N–H and O–H groups in total. The number of esters is 1. The van der Waals surface area contributed by atoms with E-state index >= 15 is 4.79 Å². The van der Waals surface area contributed by atoms with Crippen LogP contribution in [0.4, 0.5) is 0 Å². The number of aliphatic hydroxyl groups is 15. The van der Waals surface area contributed by atoms with Gasteiger partial charge in [0.05, 0.1) is 44.1 Å². The van der Waals surface area contributed by atoms with Gasteiger partial charge in [0.2, 0.25) is 6.29 Å². The Balaban J connectivity index is 0.815. The van der Waals surface area contributed by atoms with E-state index in [1.165, 1.54) is 6.92 Å². The van der Waals surface area contributed by atoms with Gasteiger partial charge in [-0.3, -0.25) is 4.79 Å². The highest BCUT2D eigenvalue weighted by molar-refractivity contribution is 5.79. The van der Waals surface area contributed by atoms with Crippen LogP contribution in [0.25, 0.3) is 0 Å². The van der Waals surface area contributed by atoms with Crippen LogP contribution in [-0.4, -0.2) is 263 Å². The summed E-state index contributed by atoms with van der Waals surface area (Å²) in [6.07, 6.45) is -30.2. The summed E-state index contributed by atoms with van der Waals surface area (Å²) < 4.78 is 59.2. The molecule has 10 aliphatic rings. The molecule has 26 heteroatoms. The Hall–Kier alpha value is -2.01. The van der Waals surface area contributed by atoms with Crippen molar-refractivity contribution in [3.63, 3.8) is 0 Å². The van der Waals surface area contributed by atoms with Crippen LogP contribution >= 0.6 is 0 Å². The Kier molecular flexibility index (Phi) is 18.8. The van der Waals surface area contributed by atoms with Crippen molar-refractivity contribution < 1.29 is 129 Å². The molecule has 32 atom stereocenters. The van der Waals surface area contributed by atoms with Crippen LogP contribution in [0.3, 0.4) is 0 Å². The van der Waals surface area contributed by atoms with E-state index in [0.29, 0.717) is 38.5 Å². The van der Waals surface area contributed by atoms with Crippen LogP contribution in [-0.2, 0) is 52.2 Å². The van der Waals surface area contributed by atoms with E-state index in [4.69, 9.17) is 47.4 Å². The zero-order valence-corrected chi connectivity index (χ0v) is 48.5. The Bertz CT molecular complexity index is 2360. The number of rotatable bonds is 13. The first-order valence-corrected chi connectivity index (χ1v) is 30.0. The van der Waals surface area contributed by atoms with E-state index in [2.05, 4.69) is 47.3 Å². The van der Waals surface area contributed by atoms with E-state index in [9.17, 15) is 76.6 Å². The summed E-state index contributed by atoms with van der Waals surface area (Å²) in [5.41, 5.74) is -0.246. The third-order valence-electron chi connectivity index (χ3n) is 22.5. The lowest BCUT2D eigenvalue weighted by Crippen LogP contribution is -2.66. The molecule has 0 aromatic heterocycles.